The van der Waals surface area contributed by atoms with Gasteiger partial charge in [-0.3, -0.25) is 9.59 Å². The van der Waals surface area contributed by atoms with Gasteiger partial charge >= 0.3 is 5.97 Å². The highest BCUT2D eigenvalue weighted by molar-refractivity contribution is 5.89. The van der Waals surface area contributed by atoms with Crippen molar-refractivity contribution in [3.8, 4) is 0 Å². The molecule has 0 saturated carbocycles. The number of aromatic nitrogens is 1. The zero-order valence-corrected chi connectivity index (χ0v) is 13.4. The molecule has 1 fully saturated rings. The van der Waals surface area contributed by atoms with Gasteiger partial charge in [-0.25, -0.2) is 0 Å². The zero-order chi connectivity index (χ0) is 16.4. The summed E-state index contributed by atoms with van der Waals surface area (Å²) in [6.07, 6.45) is 4.10. The monoisotopic (exact) mass is 314 g/mol. The number of carboxylic acid groups (broad SMARTS) is 1. The highest BCUT2D eigenvalue weighted by Gasteiger charge is 2.30. The molecule has 1 saturated heterocycles. The van der Waals surface area contributed by atoms with Gasteiger partial charge in [0, 0.05) is 36.2 Å². The molecule has 1 aromatic heterocycles. The molecule has 23 heavy (non-hydrogen) atoms. The zero-order valence-electron chi connectivity index (χ0n) is 13.4. The molecule has 0 spiro atoms. The Hall–Kier alpha value is -2.30. The molecule has 2 heterocycles. The van der Waals surface area contributed by atoms with E-state index in [1.807, 2.05) is 24.4 Å². The predicted octanol–water partition coefficient (Wildman–Crippen LogP) is 2.67. The van der Waals surface area contributed by atoms with Crippen LogP contribution in [0.5, 0.6) is 0 Å². The maximum Gasteiger partial charge on any atom is 0.305 e. The first-order chi connectivity index (χ1) is 11.1. The number of para-hydroxylation sites is 1. The van der Waals surface area contributed by atoms with Crippen LogP contribution in [0.1, 0.15) is 31.7 Å². The molecule has 0 aliphatic carbocycles. The van der Waals surface area contributed by atoms with Crippen molar-refractivity contribution in [1.29, 1.82) is 0 Å². The Morgan fingerprint density at radius 1 is 1.30 bits per heavy atom. The van der Waals surface area contributed by atoms with Crippen molar-refractivity contribution in [2.24, 2.45) is 0 Å². The Balaban J connectivity index is 1.81. The smallest absolute Gasteiger partial charge is 0.305 e. The molecular weight excluding hydrogens is 292 g/mol. The third-order valence-corrected chi connectivity index (χ3v) is 4.66. The Bertz CT molecular complexity index is 735. The number of carbonyl (C=O) groups is 2. The normalized spacial score (nSPS) is 17.8. The van der Waals surface area contributed by atoms with Crippen molar-refractivity contribution in [2.45, 2.75) is 45.2 Å². The molecule has 5 heteroatoms. The molecule has 1 amide bonds. The first-order valence-electron chi connectivity index (χ1n) is 8.18. The number of carboxylic acids is 1. The van der Waals surface area contributed by atoms with E-state index in [1.165, 1.54) is 0 Å². The van der Waals surface area contributed by atoms with Gasteiger partial charge in [0.2, 0.25) is 5.91 Å². The van der Waals surface area contributed by atoms with Crippen LogP contribution in [0.4, 0.5) is 0 Å². The van der Waals surface area contributed by atoms with Crippen LogP contribution in [0.15, 0.2) is 30.5 Å². The maximum absolute atomic E-state index is 12.7. The number of hydrogen-bond donors (Lipinski definition) is 1. The Kier molecular flexibility index (Phi) is 4.37. The van der Waals surface area contributed by atoms with Crippen LogP contribution in [0.2, 0.25) is 0 Å². The fourth-order valence-electron chi connectivity index (χ4n) is 3.57. The van der Waals surface area contributed by atoms with Crippen molar-refractivity contribution in [2.75, 3.05) is 6.54 Å². The average Bonchev–Trinajstić information content (AvgIpc) is 3.12. The van der Waals surface area contributed by atoms with Crippen LogP contribution in [0, 0.1) is 0 Å². The number of carbonyl (C=O) groups excluding carboxylic acids is 1. The summed E-state index contributed by atoms with van der Waals surface area (Å²) in [6, 6.07) is 7.95. The summed E-state index contributed by atoms with van der Waals surface area (Å²) in [7, 11) is 0. The lowest BCUT2D eigenvalue weighted by Gasteiger charge is -2.23. The number of amides is 1. The molecule has 1 unspecified atom stereocenters. The molecule has 1 aliphatic rings. The summed E-state index contributed by atoms with van der Waals surface area (Å²) in [5.41, 5.74) is 2.16. The number of rotatable bonds is 5. The number of fused-ring (bicyclic) bond motifs is 1. The standard InChI is InChI=1S/C18H22N2O3/c1-2-19-12-13(15-7-3-4-8-16(15)19)10-17(21)20-9-5-6-14(20)11-18(22)23/h3-4,7-8,12,14H,2,5-6,9-11H2,1H3,(H,22,23). The predicted molar refractivity (Wildman–Crippen MR) is 88.3 cm³/mol. The average molecular weight is 314 g/mol. The fraction of sp³-hybridized carbons (Fsp3) is 0.444. The van der Waals surface area contributed by atoms with Crippen LogP contribution >= 0.6 is 0 Å². The number of nitrogens with zero attached hydrogens (tertiary/aromatic N) is 2. The van der Waals surface area contributed by atoms with E-state index in [4.69, 9.17) is 5.11 Å². The number of likely N-dealkylation sites (tertiary alicyclic amines) is 1. The second-order valence-corrected chi connectivity index (χ2v) is 6.12. The Labute approximate surface area is 135 Å². The molecule has 122 valence electrons. The summed E-state index contributed by atoms with van der Waals surface area (Å²) in [5, 5.41) is 10.1. The summed E-state index contributed by atoms with van der Waals surface area (Å²) in [6.45, 7) is 3.62. The molecule has 3 rings (SSSR count). The van der Waals surface area contributed by atoms with E-state index in [2.05, 4.69) is 17.6 Å². The molecule has 0 radical (unpaired) electrons. The minimum Gasteiger partial charge on any atom is -0.481 e. The van der Waals surface area contributed by atoms with Crippen molar-refractivity contribution < 1.29 is 14.7 Å². The first-order valence-corrected chi connectivity index (χ1v) is 8.18. The maximum atomic E-state index is 12.7. The molecule has 1 aromatic carbocycles. The van der Waals surface area contributed by atoms with E-state index in [0.717, 1.165) is 35.9 Å². The van der Waals surface area contributed by atoms with E-state index in [1.54, 1.807) is 4.90 Å². The Morgan fingerprint density at radius 2 is 2.09 bits per heavy atom. The lowest BCUT2D eigenvalue weighted by atomic mass is 10.1. The number of aliphatic carboxylic acids is 1. The summed E-state index contributed by atoms with van der Waals surface area (Å²) < 4.78 is 2.15. The van der Waals surface area contributed by atoms with E-state index in [9.17, 15) is 9.59 Å². The molecule has 5 nitrogen and oxygen atoms in total. The van der Waals surface area contributed by atoms with Gasteiger partial charge in [0.1, 0.15) is 0 Å². The van der Waals surface area contributed by atoms with Crippen molar-refractivity contribution in [3.63, 3.8) is 0 Å². The van der Waals surface area contributed by atoms with Crippen LogP contribution in [0.25, 0.3) is 10.9 Å². The molecular formula is C18H22N2O3. The van der Waals surface area contributed by atoms with Gasteiger partial charge in [0.15, 0.2) is 0 Å². The van der Waals surface area contributed by atoms with Crippen molar-refractivity contribution >= 4 is 22.8 Å². The molecule has 1 N–H and O–H groups in total. The van der Waals surface area contributed by atoms with E-state index in [0.29, 0.717) is 13.0 Å². The summed E-state index contributed by atoms with van der Waals surface area (Å²) >= 11 is 0. The number of aryl methyl sites for hydroxylation is 1. The highest BCUT2D eigenvalue weighted by atomic mass is 16.4. The summed E-state index contributed by atoms with van der Waals surface area (Å²) in [5.74, 6) is -0.801. The second-order valence-electron chi connectivity index (χ2n) is 6.12. The quantitative estimate of drug-likeness (QED) is 0.923. The SMILES string of the molecule is CCn1cc(CC(=O)N2CCCC2CC(=O)O)c2ccccc21. The van der Waals surface area contributed by atoms with Gasteiger partial charge in [-0.15, -0.1) is 0 Å². The molecule has 1 atom stereocenters. The topological polar surface area (TPSA) is 62.5 Å². The fourth-order valence-corrected chi connectivity index (χ4v) is 3.57. The van der Waals surface area contributed by atoms with Crippen LogP contribution < -0.4 is 0 Å². The number of hydrogen-bond acceptors (Lipinski definition) is 2. The van der Waals surface area contributed by atoms with Gasteiger partial charge < -0.3 is 14.6 Å². The minimum absolute atomic E-state index is 0.0350. The van der Waals surface area contributed by atoms with Gasteiger partial charge in [-0.1, -0.05) is 18.2 Å². The van der Waals surface area contributed by atoms with Gasteiger partial charge in [0.25, 0.3) is 0 Å². The molecule has 0 bridgehead atoms. The van der Waals surface area contributed by atoms with Crippen molar-refractivity contribution in [1.82, 2.24) is 9.47 Å². The molecule has 2 aromatic rings. The molecule has 1 aliphatic heterocycles. The lowest BCUT2D eigenvalue weighted by molar-refractivity contribution is -0.139. The lowest BCUT2D eigenvalue weighted by Crippen LogP contribution is -2.37. The summed E-state index contributed by atoms with van der Waals surface area (Å²) in [4.78, 5) is 25.4. The van der Waals surface area contributed by atoms with Crippen LogP contribution in [-0.4, -0.2) is 39.0 Å². The largest absolute Gasteiger partial charge is 0.481 e. The van der Waals surface area contributed by atoms with E-state index < -0.39 is 5.97 Å². The van der Waals surface area contributed by atoms with Crippen LogP contribution in [-0.2, 0) is 22.6 Å². The number of benzene rings is 1. The Morgan fingerprint density at radius 3 is 2.83 bits per heavy atom. The van der Waals surface area contributed by atoms with Gasteiger partial charge in [0.05, 0.1) is 12.8 Å². The van der Waals surface area contributed by atoms with Crippen molar-refractivity contribution in [3.05, 3.63) is 36.0 Å². The van der Waals surface area contributed by atoms with E-state index in [-0.39, 0.29) is 18.4 Å². The highest BCUT2D eigenvalue weighted by Crippen LogP contribution is 2.25. The first kappa shape index (κ1) is 15.6. The third kappa shape index (κ3) is 3.09. The van der Waals surface area contributed by atoms with Crippen LogP contribution in [0.3, 0.4) is 0 Å². The minimum atomic E-state index is -0.836. The van der Waals surface area contributed by atoms with E-state index >= 15 is 0 Å². The third-order valence-electron chi connectivity index (χ3n) is 4.66. The second kappa shape index (κ2) is 6.44. The van der Waals surface area contributed by atoms with Gasteiger partial charge in [-0.05, 0) is 31.4 Å². The van der Waals surface area contributed by atoms with Gasteiger partial charge in [-0.2, -0.15) is 0 Å².